The number of carboxylic acid groups (broad SMARTS) is 1. The van der Waals surface area contributed by atoms with Crippen LogP contribution >= 0.6 is 31.9 Å². The Morgan fingerprint density at radius 1 is 1.50 bits per heavy atom. The molecule has 1 unspecified atom stereocenters. The summed E-state index contributed by atoms with van der Waals surface area (Å²) in [6.45, 7) is 0. The summed E-state index contributed by atoms with van der Waals surface area (Å²) in [4.78, 5) is 9.70. The molecule has 1 rings (SSSR count). The van der Waals surface area contributed by atoms with Crippen LogP contribution in [0, 0.1) is 0 Å². The van der Waals surface area contributed by atoms with E-state index in [2.05, 4.69) is 31.9 Å². The summed E-state index contributed by atoms with van der Waals surface area (Å²) < 4.78 is 0.853. The molecule has 1 atom stereocenters. The van der Waals surface area contributed by atoms with Crippen LogP contribution in [0.2, 0.25) is 0 Å². The van der Waals surface area contributed by atoms with Gasteiger partial charge in [0.2, 0.25) is 0 Å². The van der Waals surface area contributed by atoms with Gasteiger partial charge in [0.05, 0.1) is 10.8 Å². The Labute approximate surface area is 86.9 Å². The summed E-state index contributed by atoms with van der Waals surface area (Å²) in [5.74, 6) is -1.13. The minimum atomic E-state index is -1.13. The highest BCUT2D eigenvalue weighted by Crippen LogP contribution is 2.24. The van der Waals surface area contributed by atoms with Crippen LogP contribution in [-0.4, -0.2) is 5.97 Å². The number of carbonyl (C=O) groups is 1. The second-order valence-corrected chi connectivity index (χ2v) is 4.07. The smallest absolute Gasteiger partial charge is 0.0790 e. The summed E-state index contributed by atoms with van der Waals surface area (Å²) in [5.41, 5.74) is 0.671. The SMILES string of the molecule is O=C([O-])C(Br)c1cccc(Br)c1. The van der Waals surface area contributed by atoms with Gasteiger partial charge in [0.15, 0.2) is 0 Å². The van der Waals surface area contributed by atoms with E-state index in [1.807, 2.05) is 6.07 Å². The Hall–Kier alpha value is -0.350. The highest BCUT2D eigenvalue weighted by molar-refractivity contribution is 9.10. The van der Waals surface area contributed by atoms with Gasteiger partial charge in [-0.2, -0.15) is 0 Å². The second kappa shape index (κ2) is 4.05. The van der Waals surface area contributed by atoms with Crippen LogP contribution < -0.4 is 5.11 Å². The first kappa shape index (κ1) is 9.74. The summed E-state index contributed by atoms with van der Waals surface area (Å²) in [6, 6.07) is 7.06. The summed E-state index contributed by atoms with van der Waals surface area (Å²) in [6.07, 6.45) is 0. The van der Waals surface area contributed by atoms with E-state index >= 15 is 0 Å². The summed E-state index contributed by atoms with van der Waals surface area (Å²) >= 11 is 6.25. The second-order valence-electron chi connectivity index (χ2n) is 2.24. The topological polar surface area (TPSA) is 40.1 Å². The minimum Gasteiger partial charge on any atom is -0.549 e. The Morgan fingerprint density at radius 3 is 2.67 bits per heavy atom. The number of aliphatic carboxylic acids is 1. The van der Waals surface area contributed by atoms with Gasteiger partial charge in [0, 0.05) is 4.47 Å². The van der Waals surface area contributed by atoms with Crippen LogP contribution in [0.15, 0.2) is 28.7 Å². The molecular weight excluding hydrogens is 288 g/mol. The zero-order valence-corrected chi connectivity index (χ0v) is 9.13. The van der Waals surface area contributed by atoms with Gasteiger partial charge in [0.25, 0.3) is 0 Å². The zero-order chi connectivity index (χ0) is 9.14. The van der Waals surface area contributed by atoms with E-state index in [0.717, 1.165) is 4.47 Å². The molecule has 1 aromatic carbocycles. The normalized spacial score (nSPS) is 12.5. The molecule has 0 saturated heterocycles. The van der Waals surface area contributed by atoms with Crippen molar-refractivity contribution in [2.75, 3.05) is 0 Å². The average molecular weight is 293 g/mol. The van der Waals surface area contributed by atoms with E-state index in [4.69, 9.17) is 0 Å². The number of hydrogen-bond donors (Lipinski definition) is 0. The van der Waals surface area contributed by atoms with Gasteiger partial charge in [0.1, 0.15) is 0 Å². The molecule has 0 amide bonds. The van der Waals surface area contributed by atoms with Crippen molar-refractivity contribution in [2.45, 2.75) is 4.83 Å². The lowest BCUT2D eigenvalue weighted by Crippen LogP contribution is -2.26. The third-order valence-corrected chi connectivity index (χ3v) is 2.74. The Bertz CT molecular complexity index is 299. The van der Waals surface area contributed by atoms with Gasteiger partial charge in [-0.05, 0) is 17.7 Å². The largest absolute Gasteiger partial charge is 0.549 e. The number of hydrogen-bond acceptors (Lipinski definition) is 2. The van der Waals surface area contributed by atoms with Crippen molar-refractivity contribution >= 4 is 37.8 Å². The van der Waals surface area contributed by atoms with Gasteiger partial charge in [-0.1, -0.05) is 44.0 Å². The highest BCUT2D eigenvalue weighted by atomic mass is 79.9. The first-order valence-corrected chi connectivity index (χ1v) is 4.92. The molecular formula is C8H5Br2O2-. The molecule has 0 N–H and O–H groups in total. The number of carboxylic acids is 1. The molecule has 0 heterocycles. The fourth-order valence-corrected chi connectivity index (χ4v) is 1.50. The van der Waals surface area contributed by atoms with Gasteiger partial charge < -0.3 is 9.90 Å². The predicted octanol–water partition coefficient (Wildman–Crippen LogP) is 1.63. The molecule has 0 radical (unpaired) electrons. The van der Waals surface area contributed by atoms with E-state index in [9.17, 15) is 9.90 Å². The molecule has 0 fully saturated rings. The molecule has 64 valence electrons. The molecule has 2 nitrogen and oxygen atoms in total. The number of carbonyl (C=O) groups excluding carboxylic acids is 1. The monoisotopic (exact) mass is 291 g/mol. The summed E-state index contributed by atoms with van der Waals surface area (Å²) in [7, 11) is 0. The molecule has 0 aliphatic carbocycles. The van der Waals surface area contributed by atoms with Crippen molar-refractivity contribution in [3.8, 4) is 0 Å². The molecule has 4 heteroatoms. The van der Waals surface area contributed by atoms with Crippen molar-refractivity contribution < 1.29 is 9.90 Å². The van der Waals surface area contributed by atoms with Gasteiger partial charge in [-0.3, -0.25) is 0 Å². The Balaban J connectivity index is 2.95. The van der Waals surface area contributed by atoms with Crippen molar-refractivity contribution in [3.05, 3.63) is 34.3 Å². The van der Waals surface area contributed by atoms with Crippen LogP contribution in [0.3, 0.4) is 0 Å². The van der Waals surface area contributed by atoms with Crippen LogP contribution in [-0.2, 0) is 4.79 Å². The first-order valence-electron chi connectivity index (χ1n) is 3.21. The molecule has 0 aromatic heterocycles. The quantitative estimate of drug-likeness (QED) is 0.778. The maximum atomic E-state index is 10.4. The fourth-order valence-electron chi connectivity index (χ4n) is 0.800. The van der Waals surface area contributed by atoms with E-state index in [1.165, 1.54) is 0 Å². The van der Waals surface area contributed by atoms with E-state index in [1.54, 1.807) is 18.2 Å². The maximum Gasteiger partial charge on any atom is 0.0790 e. The van der Waals surface area contributed by atoms with Gasteiger partial charge >= 0.3 is 0 Å². The van der Waals surface area contributed by atoms with Crippen molar-refractivity contribution in [1.29, 1.82) is 0 Å². The predicted molar refractivity (Wildman–Crippen MR) is 50.8 cm³/mol. The summed E-state index contributed by atoms with van der Waals surface area (Å²) in [5, 5.41) is 10.4. The molecule has 0 aliphatic heterocycles. The van der Waals surface area contributed by atoms with E-state index in [0.29, 0.717) is 5.56 Å². The van der Waals surface area contributed by atoms with Crippen LogP contribution in [0.4, 0.5) is 0 Å². The number of benzene rings is 1. The Kier molecular flexibility index (Phi) is 3.29. The van der Waals surface area contributed by atoms with Crippen molar-refractivity contribution in [3.63, 3.8) is 0 Å². The van der Waals surface area contributed by atoms with Gasteiger partial charge in [-0.15, -0.1) is 0 Å². The van der Waals surface area contributed by atoms with Crippen LogP contribution in [0.5, 0.6) is 0 Å². The fraction of sp³-hybridized carbons (Fsp3) is 0.125. The van der Waals surface area contributed by atoms with Crippen LogP contribution in [0.1, 0.15) is 10.4 Å². The third-order valence-electron chi connectivity index (χ3n) is 1.35. The van der Waals surface area contributed by atoms with E-state index in [-0.39, 0.29) is 0 Å². The average Bonchev–Trinajstić information content (AvgIpc) is 2.03. The number of alkyl halides is 1. The molecule has 12 heavy (non-hydrogen) atoms. The van der Waals surface area contributed by atoms with E-state index < -0.39 is 10.8 Å². The molecule has 0 spiro atoms. The molecule has 0 aliphatic rings. The van der Waals surface area contributed by atoms with Crippen molar-refractivity contribution in [2.24, 2.45) is 0 Å². The Morgan fingerprint density at radius 2 is 2.17 bits per heavy atom. The number of halogens is 2. The minimum absolute atomic E-state index is 0.671. The standard InChI is InChI=1S/C8H6Br2O2/c9-6-3-1-2-5(4-6)7(10)8(11)12/h1-4,7H,(H,11,12)/p-1. The highest BCUT2D eigenvalue weighted by Gasteiger charge is 2.07. The molecule has 0 saturated carbocycles. The lowest BCUT2D eigenvalue weighted by atomic mass is 10.2. The maximum absolute atomic E-state index is 10.4. The zero-order valence-electron chi connectivity index (χ0n) is 5.96. The number of rotatable bonds is 2. The van der Waals surface area contributed by atoms with Crippen molar-refractivity contribution in [1.82, 2.24) is 0 Å². The van der Waals surface area contributed by atoms with Gasteiger partial charge in [-0.25, -0.2) is 0 Å². The third kappa shape index (κ3) is 2.32. The van der Waals surface area contributed by atoms with Crippen LogP contribution in [0.25, 0.3) is 0 Å². The molecule has 1 aromatic rings. The lowest BCUT2D eigenvalue weighted by molar-refractivity contribution is -0.304. The lowest BCUT2D eigenvalue weighted by Gasteiger charge is -2.10. The first-order chi connectivity index (χ1) is 5.61. The molecule has 0 bridgehead atoms.